The summed E-state index contributed by atoms with van der Waals surface area (Å²) in [6.07, 6.45) is 1.98. The zero-order chi connectivity index (χ0) is 16.1. The van der Waals surface area contributed by atoms with Crippen molar-refractivity contribution in [3.63, 3.8) is 0 Å². The second-order valence-electron chi connectivity index (χ2n) is 5.63. The van der Waals surface area contributed by atoms with Crippen molar-refractivity contribution in [1.82, 2.24) is 15.5 Å². The fourth-order valence-corrected chi connectivity index (χ4v) is 2.23. The summed E-state index contributed by atoms with van der Waals surface area (Å²) >= 11 is 0. The maximum Gasteiger partial charge on any atom is 0.321 e. The lowest BCUT2D eigenvalue weighted by Gasteiger charge is -2.25. The Morgan fingerprint density at radius 3 is 2.68 bits per heavy atom. The van der Waals surface area contributed by atoms with Crippen LogP contribution >= 0.6 is 0 Å². The molecule has 1 atom stereocenters. The van der Waals surface area contributed by atoms with Crippen molar-refractivity contribution in [3.05, 3.63) is 29.8 Å². The molecule has 1 fully saturated rings. The third kappa shape index (κ3) is 4.46. The van der Waals surface area contributed by atoms with E-state index in [4.69, 9.17) is 4.74 Å². The number of benzene rings is 1. The molecular weight excluding hydrogens is 282 g/mol. The van der Waals surface area contributed by atoms with Crippen molar-refractivity contribution in [2.45, 2.75) is 31.8 Å². The van der Waals surface area contributed by atoms with Gasteiger partial charge in [0, 0.05) is 17.6 Å². The molecule has 1 unspecified atom stereocenters. The summed E-state index contributed by atoms with van der Waals surface area (Å²) in [4.78, 5) is 25.3. The van der Waals surface area contributed by atoms with Crippen LogP contribution in [-0.2, 0) is 4.79 Å². The summed E-state index contributed by atoms with van der Waals surface area (Å²) in [5.41, 5.74) is 1.00. The first-order valence-corrected chi connectivity index (χ1v) is 7.44. The van der Waals surface area contributed by atoms with Gasteiger partial charge in [-0.2, -0.15) is 0 Å². The highest BCUT2D eigenvalue weighted by atomic mass is 16.5. The number of imide groups is 1. The van der Waals surface area contributed by atoms with Gasteiger partial charge in [-0.1, -0.05) is 18.2 Å². The number of rotatable bonds is 6. The van der Waals surface area contributed by atoms with E-state index in [1.807, 2.05) is 43.1 Å². The summed E-state index contributed by atoms with van der Waals surface area (Å²) in [5.74, 6) is 0.469. The maximum atomic E-state index is 11.9. The van der Waals surface area contributed by atoms with E-state index < -0.39 is 6.03 Å². The molecule has 0 heterocycles. The summed E-state index contributed by atoms with van der Waals surface area (Å²) in [7, 11) is 3.47. The van der Waals surface area contributed by atoms with Crippen LogP contribution in [0.4, 0.5) is 4.79 Å². The number of nitrogens with zero attached hydrogens (tertiary/aromatic N) is 1. The molecule has 0 spiro atoms. The number of carbonyl (C=O) groups is 2. The van der Waals surface area contributed by atoms with Crippen molar-refractivity contribution in [3.8, 4) is 5.75 Å². The Kier molecular flexibility index (Phi) is 5.38. The lowest BCUT2D eigenvalue weighted by molar-refractivity contribution is -0.121. The molecule has 3 amide bonds. The number of hydrogen-bond donors (Lipinski definition) is 2. The van der Waals surface area contributed by atoms with Crippen LogP contribution in [0, 0.1) is 0 Å². The van der Waals surface area contributed by atoms with Crippen molar-refractivity contribution < 1.29 is 14.3 Å². The van der Waals surface area contributed by atoms with Crippen molar-refractivity contribution in [2.24, 2.45) is 0 Å². The number of carbonyl (C=O) groups excluding carboxylic acids is 2. The smallest absolute Gasteiger partial charge is 0.321 e. The molecule has 0 radical (unpaired) electrons. The van der Waals surface area contributed by atoms with Gasteiger partial charge in [-0.15, -0.1) is 0 Å². The van der Waals surface area contributed by atoms with Crippen molar-refractivity contribution in [1.29, 1.82) is 0 Å². The number of urea groups is 1. The molecular formula is C16H23N3O3. The van der Waals surface area contributed by atoms with Crippen LogP contribution in [0.2, 0.25) is 0 Å². The molecule has 6 nitrogen and oxygen atoms in total. The van der Waals surface area contributed by atoms with Gasteiger partial charge >= 0.3 is 6.03 Å². The van der Waals surface area contributed by atoms with Crippen LogP contribution in [0.5, 0.6) is 5.75 Å². The highest BCUT2D eigenvalue weighted by Crippen LogP contribution is 2.27. The molecule has 1 aliphatic carbocycles. The Morgan fingerprint density at radius 2 is 2.05 bits per heavy atom. The number of amides is 3. The SMILES string of the molecule is COc1ccccc1C(C)N(C)CC(=O)NC(=O)NC1CC1. The Bertz CT molecular complexity index is 543. The molecule has 0 aliphatic heterocycles. The van der Waals surface area contributed by atoms with E-state index in [0.29, 0.717) is 0 Å². The summed E-state index contributed by atoms with van der Waals surface area (Å²) < 4.78 is 5.35. The number of ether oxygens (including phenoxy) is 1. The van der Waals surface area contributed by atoms with E-state index >= 15 is 0 Å². The van der Waals surface area contributed by atoms with Gasteiger partial charge in [0.25, 0.3) is 0 Å². The van der Waals surface area contributed by atoms with E-state index in [2.05, 4.69) is 10.6 Å². The molecule has 0 bridgehead atoms. The van der Waals surface area contributed by atoms with E-state index in [1.165, 1.54) is 0 Å². The lowest BCUT2D eigenvalue weighted by Crippen LogP contribution is -2.44. The standard InChI is InChI=1S/C16H23N3O3/c1-11(13-6-4-5-7-14(13)22-3)19(2)10-15(20)18-16(21)17-12-8-9-12/h4-7,11-12H,8-10H2,1-3H3,(H2,17,18,20,21). The van der Waals surface area contributed by atoms with Gasteiger partial charge in [-0.25, -0.2) is 4.79 Å². The van der Waals surface area contributed by atoms with Crippen LogP contribution in [0.1, 0.15) is 31.4 Å². The van der Waals surface area contributed by atoms with E-state index in [-0.39, 0.29) is 24.5 Å². The van der Waals surface area contributed by atoms with E-state index in [0.717, 1.165) is 24.2 Å². The molecule has 2 rings (SSSR count). The first-order valence-electron chi connectivity index (χ1n) is 7.44. The molecule has 1 aliphatic rings. The molecule has 120 valence electrons. The van der Waals surface area contributed by atoms with E-state index in [1.54, 1.807) is 7.11 Å². The van der Waals surface area contributed by atoms with Crippen LogP contribution in [0.25, 0.3) is 0 Å². The van der Waals surface area contributed by atoms with Gasteiger partial charge in [0.15, 0.2) is 0 Å². The van der Waals surface area contributed by atoms with Gasteiger partial charge < -0.3 is 10.1 Å². The molecule has 2 N–H and O–H groups in total. The molecule has 1 aromatic rings. The number of para-hydroxylation sites is 1. The predicted molar refractivity (Wildman–Crippen MR) is 83.7 cm³/mol. The van der Waals surface area contributed by atoms with Gasteiger partial charge in [0.05, 0.1) is 13.7 Å². The lowest BCUT2D eigenvalue weighted by atomic mass is 10.1. The van der Waals surface area contributed by atoms with Gasteiger partial charge in [0.1, 0.15) is 5.75 Å². The first-order chi connectivity index (χ1) is 10.5. The van der Waals surface area contributed by atoms with Gasteiger partial charge in [0.2, 0.25) is 5.91 Å². The zero-order valence-electron chi connectivity index (χ0n) is 13.3. The normalized spacial score (nSPS) is 15.3. The Hall–Kier alpha value is -2.08. The Labute approximate surface area is 130 Å². The largest absolute Gasteiger partial charge is 0.496 e. The van der Waals surface area contributed by atoms with Crippen LogP contribution in [-0.4, -0.2) is 43.6 Å². The highest BCUT2D eigenvalue weighted by molar-refractivity contribution is 5.95. The second-order valence-corrected chi connectivity index (χ2v) is 5.63. The highest BCUT2D eigenvalue weighted by Gasteiger charge is 2.24. The minimum absolute atomic E-state index is 0.00612. The van der Waals surface area contributed by atoms with Crippen LogP contribution in [0.15, 0.2) is 24.3 Å². The topological polar surface area (TPSA) is 70.7 Å². The number of hydrogen-bond acceptors (Lipinski definition) is 4. The van der Waals surface area contributed by atoms with Crippen LogP contribution in [0.3, 0.4) is 0 Å². The van der Waals surface area contributed by atoms with Gasteiger partial charge in [-0.05, 0) is 32.9 Å². The molecule has 22 heavy (non-hydrogen) atoms. The Balaban J connectivity index is 1.88. The average molecular weight is 305 g/mol. The quantitative estimate of drug-likeness (QED) is 0.839. The third-order valence-electron chi connectivity index (χ3n) is 3.81. The minimum Gasteiger partial charge on any atom is -0.496 e. The van der Waals surface area contributed by atoms with Crippen molar-refractivity contribution in [2.75, 3.05) is 20.7 Å². The minimum atomic E-state index is -0.411. The second kappa shape index (κ2) is 7.26. The third-order valence-corrected chi connectivity index (χ3v) is 3.81. The fraction of sp³-hybridized carbons (Fsp3) is 0.500. The summed E-state index contributed by atoms with van der Waals surface area (Å²) in [5, 5.41) is 5.08. The average Bonchev–Trinajstić information content (AvgIpc) is 3.29. The summed E-state index contributed by atoms with van der Waals surface area (Å²) in [6.45, 7) is 2.13. The summed E-state index contributed by atoms with van der Waals surface area (Å²) in [6, 6.07) is 7.52. The zero-order valence-corrected chi connectivity index (χ0v) is 13.3. The molecule has 0 aromatic heterocycles. The van der Waals surface area contributed by atoms with Gasteiger partial charge in [-0.3, -0.25) is 15.0 Å². The molecule has 1 saturated carbocycles. The van der Waals surface area contributed by atoms with Crippen LogP contribution < -0.4 is 15.4 Å². The maximum absolute atomic E-state index is 11.9. The Morgan fingerprint density at radius 1 is 1.36 bits per heavy atom. The van der Waals surface area contributed by atoms with Crippen molar-refractivity contribution >= 4 is 11.9 Å². The monoisotopic (exact) mass is 305 g/mol. The molecule has 0 saturated heterocycles. The van der Waals surface area contributed by atoms with E-state index in [9.17, 15) is 9.59 Å². The first kappa shape index (κ1) is 16.3. The molecule has 1 aromatic carbocycles. The fourth-order valence-electron chi connectivity index (χ4n) is 2.23. The number of methoxy groups -OCH3 is 1. The molecule has 6 heteroatoms. The number of likely N-dealkylation sites (N-methyl/N-ethyl adjacent to an activating group) is 1. The predicted octanol–water partition coefficient (Wildman–Crippen LogP) is 1.68. The number of nitrogens with one attached hydrogen (secondary N) is 2.